The zero-order chi connectivity index (χ0) is 17.8. The molecule has 9 nitrogen and oxygen atoms in total. The quantitative estimate of drug-likeness (QED) is 0.694. The standard InChI is InChI=1S/C15H14N4O5S/c20-8-1-2-10(16-7-8)14-18-12(24-19-14)4-3-11(21)17-9-5-6-25-13(9)15(22)23/h1-2,7,20H,3-6H2,(H,17,21)(H,22,23). The molecule has 3 heterocycles. The first-order valence-electron chi connectivity index (χ1n) is 7.40. The van der Waals surface area contributed by atoms with Crippen LogP contribution in [0.15, 0.2) is 33.5 Å². The van der Waals surface area contributed by atoms with Gasteiger partial charge in [-0.25, -0.2) is 9.78 Å². The lowest BCUT2D eigenvalue weighted by Gasteiger charge is -2.05. The zero-order valence-electron chi connectivity index (χ0n) is 12.9. The number of hydrogen-bond donors (Lipinski definition) is 3. The fourth-order valence-corrected chi connectivity index (χ4v) is 3.16. The number of nitrogens with one attached hydrogen (secondary N) is 1. The first-order valence-corrected chi connectivity index (χ1v) is 8.38. The number of carboxylic acid groups (broad SMARTS) is 1. The molecule has 0 fully saturated rings. The molecule has 0 radical (unpaired) electrons. The third kappa shape index (κ3) is 4.15. The van der Waals surface area contributed by atoms with Crippen LogP contribution in [0.25, 0.3) is 11.5 Å². The fourth-order valence-electron chi connectivity index (χ4n) is 2.20. The van der Waals surface area contributed by atoms with Crippen LogP contribution in [0.3, 0.4) is 0 Å². The normalized spacial score (nSPS) is 13.9. The number of carbonyl (C=O) groups excluding carboxylic acids is 1. The van der Waals surface area contributed by atoms with E-state index >= 15 is 0 Å². The Morgan fingerprint density at radius 3 is 2.92 bits per heavy atom. The van der Waals surface area contributed by atoms with Crippen LogP contribution < -0.4 is 5.32 Å². The van der Waals surface area contributed by atoms with Crippen molar-refractivity contribution in [3.05, 3.63) is 34.8 Å². The number of amides is 1. The number of aromatic hydroxyl groups is 1. The Bertz CT molecular complexity index is 831. The van der Waals surface area contributed by atoms with E-state index in [0.717, 1.165) is 0 Å². The fraction of sp³-hybridized carbons (Fsp3) is 0.267. The van der Waals surface area contributed by atoms with E-state index in [-0.39, 0.29) is 41.1 Å². The Hall–Kier alpha value is -2.88. The summed E-state index contributed by atoms with van der Waals surface area (Å²) in [6, 6.07) is 3.01. The summed E-state index contributed by atoms with van der Waals surface area (Å²) in [7, 11) is 0. The zero-order valence-corrected chi connectivity index (χ0v) is 13.7. The van der Waals surface area contributed by atoms with E-state index in [0.29, 0.717) is 23.6 Å². The molecule has 25 heavy (non-hydrogen) atoms. The summed E-state index contributed by atoms with van der Waals surface area (Å²) >= 11 is 1.22. The Morgan fingerprint density at radius 2 is 2.20 bits per heavy atom. The monoisotopic (exact) mass is 362 g/mol. The molecule has 1 aliphatic heterocycles. The minimum atomic E-state index is -1.03. The number of aliphatic carboxylic acids is 1. The molecule has 0 aromatic carbocycles. The van der Waals surface area contributed by atoms with E-state index in [1.165, 1.54) is 24.0 Å². The molecule has 0 saturated heterocycles. The van der Waals surface area contributed by atoms with Crippen molar-refractivity contribution in [1.29, 1.82) is 0 Å². The van der Waals surface area contributed by atoms with Crippen LogP contribution in [-0.2, 0) is 16.0 Å². The summed E-state index contributed by atoms with van der Waals surface area (Å²) in [5.74, 6) is -0.125. The SMILES string of the molecule is O=C(CCc1nc(-c2ccc(O)cn2)no1)NC1=C(C(=O)O)SCC1. The molecule has 0 saturated carbocycles. The Labute approximate surface area is 146 Å². The van der Waals surface area contributed by atoms with E-state index in [2.05, 4.69) is 20.4 Å². The van der Waals surface area contributed by atoms with E-state index in [1.54, 1.807) is 6.07 Å². The molecule has 2 aromatic heterocycles. The maximum Gasteiger partial charge on any atom is 0.343 e. The van der Waals surface area contributed by atoms with Gasteiger partial charge in [-0.05, 0) is 18.6 Å². The van der Waals surface area contributed by atoms with Gasteiger partial charge in [0.15, 0.2) is 0 Å². The van der Waals surface area contributed by atoms with Gasteiger partial charge in [-0.15, -0.1) is 11.8 Å². The van der Waals surface area contributed by atoms with E-state index in [9.17, 15) is 14.7 Å². The van der Waals surface area contributed by atoms with Crippen LogP contribution in [0.1, 0.15) is 18.7 Å². The van der Waals surface area contributed by atoms with E-state index < -0.39 is 5.97 Å². The summed E-state index contributed by atoms with van der Waals surface area (Å²) in [5.41, 5.74) is 0.887. The highest BCUT2D eigenvalue weighted by Gasteiger charge is 2.22. The van der Waals surface area contributed by atoms with E-state index in [4.69, 9.17) is 9.63 Å². The number of hydrogen-bond acceptors (Lipinski definition) is 8. The molecule has 10 heteroatoms. The second kappa shape index (κ2) is 7.34. The molecule has 130 valence electrons. The first-order chi connectivity index (χ1) is 12.0. The maximum atomic E-state index is 12.0. The summed E-state index contributed by atoms with van der Waals surface area (Å²) in [5, 5.41) is 24.7. The summed E-state index contributed by atoms with van der Waals surface area (Å²) in [4.78, 5) is 31.3. The lowest BCUT2D eigenvalue weighted by Crippen LogP contribution is -2.24. The number of nitrogens with zero attached hydrogens (tertiary/aromatic N) is 3. The molecule has 0 bridgehead atoms. The number of thioether (sulfide) groups is 1. The van der Waals surface area contributed by atoms with Crippen LogP contribution >= 0.6 is 11.8 Å². The van der Waals surface area contributed by atoms with Gasteiger partial charge >= 0.3 is 5.97 Å². The highest BCUT2D eigenvalue weighted by molar-refractivity contribution is 8.04. The summed E-state index contributed by atoms with van der Waals surface area (Å²) in [6.07, 6.45) is 2.10. The number of rotatable bonds is 6. The molecule has 0 unspecified atom stereocenters. The van der Waals surface area contributed by atoms with Crippen LogP contribution in [0.4, 0.5) is 0 Å². The largest absolute Gasteiger partial charge is 0.506 e. The summed E-state index contributed by atoms with van der Waals surface area (Å²) < 4.78 is 5.08. The number of carbonyl (C=O) groups is 2. The average Bonchev–Trinajstić information content (AvgIpc) is 3.23. The maximum absolute atomic E-state index is 12.0. The molecular weight excluding hydrogens is 348 g/mol. The van der Waals surface area contributed by atoms with Crippen molar-refractivity contribution >= 4 is 23.6 Å². The molecule has 0 spiro atoms. The van der Waals surface area contributed by atoms with Gasteiger partial charge in [0.05, 0.1) is 6.20 Å². The predicted molar refractivity (Wildman–Crippen MR) is 87.4 cm³/mol. The Morgan fingerprint density at radius 1 is 1.36 bits per heavy atom. The molecule has 3 rings (SSSR count). The van der Waals surface area contributed by atoms with Crippen molar-refractivity contribution in [3.63, 3.8) is 0 Å². The van der Waals surface area contributed by atoms with Gasteiger partial charge in [-0.3, -0.25) is 4.79 Å². The van der Waals surface area contributed by atoms with Crippen molar-refractivity contribution in [2.24, 2.45) is 0 Å². The second-order valence-electron chi connectivity index (χ2n) is 5.17. The molecule has 0 aliphatic carbocycles. The smallest absolute Gasteiger partial charge is 0.343 e. The third-order valence-corrected chi connectivity index (χ3v) is 4.49. The number of carboxylic acids is 1. The highest BCUT2D eigenvalue weighted by Crippen LogP contribution is 2.29. The first kappa shape index (κ1) is 17.0. The van der Waals surface area contributed by atoms with Gasteiger partial charge in [-0.2, -0.15) is 4.98 Å². The van der Waals surface area contributed by atoms with Crippen LogP contribution in [0.5, 0.6) is 5.75 Å². The van der Waals surface area contributed by atoms with Crippen LogP contribution in [0.2, 0.25) is 0 Å². The van der Waals surface area contributed by atoms with E-state index in [1.807, 2.05) is 0 Å². The predicted octanol–water partition coefficient (Wildman–Crippen LogP) is 1.32. The molecular formula is C15H14N4O5S. The number of aryl methyl sites for hydroxylation is 1. The van der Waals surface area contributed by atoms with Crippen LogP contribution in [0, 0.1) is 0 Å². The minimum Gasteiger partial charge on any atom is -0.506 e. The van der Waals surface area contributed by atoms with Gasteiger partial charge < -0.3 is 20.1 Å². The second-order valence-corrected chi connectivity index (χ2v) is 6.28. The third-order valence-electron chi connectivity index (χ3n) is 3.37. The minimum absolute atomic E-state index is 0.0317. The molecule has 1 aliphatic rings. The van der Waals surface area contributed by atoms with Crippen molar-refractivity contribution in [3.8, 4) is 17.3 Å². The van der Waals surface area contributed by atoms with Crippen molar-refractivity contribution in [1.82, 2.24) is 20.4 Å². The van der Waals surface area contributed by atoms with Crippen molar-refractivity contribution in [2.75, 3.05) is 5.75 Å². The van der Waals surface area contributed by atoms with Gasteiger partial charge in [0.1, 0.15) is 16.3 Å². The molecule has 2 aromatic rings. The number of pyridine rings is 1. The summed E-state index contributed by atoms with van der Waals surface area (Å²) in [6.45, 7) is 0. The van der Waals surface area contributed by atoms with Crippen molar-refractivity contribution in [2.45, 2.75) is 19.3 Å². The number of allylic oxidation sites excluding steroid dienone is 1. The molecule has 0 atom stereocenters. The molecule has 1 amide bonds. The van der Waals surface area contributed by atoms with Gasteiger partial charge in [0.2, 0.25) is 17.6 Å². The van der Waals surface area contributed by atoms with Gasteiger partial charge in [0.25, 0.3) is 0 Å². The van der Waals surface area contributed by atoms with Crippen molar-refractivity contribution < 1.29 is 24.3 Å². The molecule has 3 N–H and O–H groups in total. The van der Waals surface area contributed by atoms with Gasteiger partial charge in [0, 0.05) is 24.3 Å². The lowest BCUT2D eigenvalue weighted by molar-refractivity contribution is -0.131. The lowest BCUT2D eigenvalue weighted by atomic mass is 10.2. The Balaban J connectivity index is 1.57. The highest BCUT2D eigenvalue weighted by atomic mass is 32.2. The van der Waals surface area contributed by atoms with Crippen LogP contribution in [-0.4, -0.2) is 43.0 Å². The Kier molecular flexibility index (Phi) is 4.98. The number of aromatic nitrogens is 3. The van der Waals surface area contributed by atoms with Gasteiger partial charge in [-0.1, -0.05) is 5.16 Å². The average molecular weight is 362 g/mol. The topological polar surface area (TPSA) is 138 Å².